The molecular formula is C9H6F13NS. The number of hydrogen-bond acceptors (Lipinski definition) is 2. The Hall–Kier alpha value is -1.07. The summed E-state index contributed by atoms with van der Waals surface area (Å²) in [6.07, 6.45) is -29.8. The van der Waals surface area contributed by atoms with Gasteiger partial charge in [-0.15, -0.1) is 0 Å². The molecule has 0 saturated carbocycles. The number of rotatable bonds is 6. The van der Waals surface area contributed by atoms with E-state index >= 15 is 0 Å². The highest BCUT2D eigenvalue weighted by Gasteiger charge is 2.77. The lowest BCUT2D eigenvalue weighted by Gasteiger charge is -2.32. The minimum atomic E-state index is -7.12. The van der Waals surface area contributed by atoms with Gasteiger partial charge in [0.25, 0.3) is 6.43 Å². The van der Waals surface area contributed by atoms with Gasteiger partial charge in [0.05, 0.1) is 0 Å². The molecule has 24 heavy (non-hydrogen) atoms. The molecule has 4 atom stereocenters. The van der Waals surface area contributed by atoms with Gasteiger partial charge in [-0.1, -0.05) is 12.6 Å². The second kappa shape index (κ2) is 8.86. The zero-order chi connectivity index (χ0) is 20.1. The van der Waals surface area contributed by atoms with E-state index in [2.05, 4.69) is 12.6 Å². The highest BCUT2D eigenvalue weighted by molar-refractivity contribution is 7.85. The van der Waals surface area contributed by atoms with Gasteiger partial charge in [-0.05, 0) is 0 Å². The fourth-order valence-electron chi connectivity index (χ4n) is 1.04. The third kappa shape index (κ3) is 5.49. The third-order valence-corrected chi connectivity index (χ3v) is 2.25. The minimum absolute atomic E-state index is 1.44. The second-order valence-electron chi connectivity index (χ2n) is 3.86. The average molecular weight is 407 g/mol. The zero-order valence-corrected chi connectivity index (χ0v) is 11.6. The van der Waals surface area contributed by atoms with Gasteiger partial charge in [0, 0.05) is 0 Å². The molecule has 0 aromatic heterocycles. The largest absolute Gasteiger partial charge is 0.459 e. The molecule has 0 rings (SSSR count). The minimum Gasteiger partial charge on any atom is -0.241 e. The normalized spacial score (nSPS) is 18.1. The van der Waals surface area contributed by atoms with Gasteiger partial charge >= 0.3 is 18.0 Å². The van der Waals surface area contributed by atoms with Crippen molar-refractivity contribution in [3.8, 4) is 5.40 Å². The molecule has 0 N–H and O–H groups in total. The van der Waals surface area contributed by atoms with Gasteiger partial charge < -0.3 is 0 Å². The van der Waals surface area contributed by atoms with Crippen LogP contribution >= 0.6 is 12.6 Å². The summed E-state index contributed by atoms with van der Waals surface area (Å²) in [6.45, 7) is 0. The Bertz CT molecular complexity index is 417. The van der Waals surface area contributed by atoms with Crippen LogP contribution in [0.5, 0.6) is 0 Å². The third-order valence-electron chi connectivity index (χ3n) is 2.25. The van der Waals surface area contributed by atoms with Gasteiger partial charge in [-0.25, -0.2) is 26.3 Å². The van der Waals surface area contributed by atoms with Gasteiger partial charge in [0.2, 0.25) is 6.17 Å². The number of thiocyanates is 1. The van der Waals surface area contributed by atoms with Crippen molar-refractivity contribution in [2.24, 2.45) is 0 Å². The summed E-state index contributed by atoms with van der Waals surface area (Å²) >= 11 is 3.09. The molecule has 0 heterocycles. The molecule has 0 bridgehead atoms. The molecule has 0 amide bonds. The van der Waals surface area contributed by atoms with E-state index in [1.165, 1.54) is 5.40 Å². The Balaban J connectivity index is 0. The lowest BCUT2D eigenvalue weighted by molar-refractivity contribution is -0.369. The van der Waals surface area contributed by atoms with Crippen LogP contribution in [-0.2, 0) is 0 Å². The maximum absolute atomic E-state index is 12.7. The van der Waals surface area contributed by atoms with E-state index in [0.717, 1.165) is 0 Å². The molecule has 0 aliphatic rings. The van der Waals surface area contributed by atoms with E-state index in [0.29, 0.717) is 0 Å². The molecule has 15 heteroatoms. The summed E-state index contributed by atoms with van der Waals surface area (Å²) in [6, 6.07) is 0. The van der Waals surface area contributed by atoms with Crippen LogP contribution < -0.4 is 0 Å². The molecule has 0 spiro atoms. The standard InChI is InChI=1S/C8H5F13.CHNS/c9-1(3(11)5(13)14)2(10)4(12)6(15,16)7(17,18)8(19,20)21;2-1-3/h1-5H;3H. The number of nitriles is 1. The fourth-order valence-corrected chi connectivity index (χ4v) is 1.04. The fraction of sp³-hybridized carbons (Fsp3) is 0.889. The average Bonchev–Trinajstić information content (AvgIpc) is 2.43. The summed E-state index contributed by atoms with van der Waals surface area (Å²) in [7, 11) is 0. The lowest BCUT2D eigenvalue weighted by atomic mass is 9.98. The Morgan fingerprint density at radius 2 is 1.04 bits per heavy atom. The van der Waals surface area contributed by atoms with Crippen LogP contribution in [0, 0.1) is 10.7 Å². The first-order chi connectivity index (χ1) is 10.5. The van der Waals surface area contributed by atoms with E-state index in [-0.39, 0.29) is 0 Å². The topological polar surface area (TPSA) is 23.8 Å². The Kier molecular flexibility index (Phi) is 9.29. The van der Waals surface area contributed by atoms with Crippen molar-refractivity contribution < 1.29 is 57.1 Å². The van der Waals surface area contributed by atoms with E-state index in [4.69, 9.17) is 5.26 Å². The van der Waals surface area contributed by atoms with Crippen LogP contribution in [0.2, 0.25) is 0 Å². The summed E-state index contributed by atoms with van der Waals surface area (Å²) in [5, 5.41) is 8.63. The van der Waals surface area contributed by atoms with Crippen molar-refractivity contribution in [2.75, 3.05) is 0 Å². The molecular weight excluding hydrogens is 401 g/mol. The van der Waals surface area contributed by atoms with Gasteiger partial charge in [-0.3, -0.25) is 0 Å². The molecule has 0 radical (unpaired) electrons. The lowest BCUT2D eigenvalue weighted by Crippen LogP contribution is -2.60. The van der Waals surface area contributed by atoms with Crippen LogP contribution in [0.1, 0.15) is 0 Å². The van der Waals surface area contributed by atoms with Crippen LogP contribution in [0.3, 0.4) is 0 Å². The van der Waals surface area contributed by atoms with Crippen molar-refractivity contribution in [1.29, 1.82) is 5.26 Å². The second-order valence-corrected chi connectivity index (χ2v) is 4.06. The molecule has 4 unspecified atom stereocenters. The highest BCUT2D eigenvalue weighted by atomic mass is 32.1. The first-order valence-corrected chi connectivity index (χ1v) is 5.65. The molecule has 0 aliphatic heterocycles. The quantitative estimate of drug-likeness (QED) is 0.381. The van der Waals surface area contributed by atoms with Crippen LogP contribution in [0.15, 0.2) is 0 Å². The molecule has 0 saturated heterocycles. The number of thiol groups is 1. The number of alkyl halides is 13. The van der Waals surface area contributed by atoms with Gasteiger partial charge in [0.1, 0.15) is 5.40 Å². The summed E-state index contributed by atoms with van der Waals surface area (Å²) < 4.78 is 158. The van der Waals surface area contributed by atoms with Crippen LogP contribution in [0.4, 0.5) is 57.1 Å². The van der Waals surface area contributed by atoms with E-state index in [9.17, 15) is 57.1 Å². The summed E-state index contributed by atoms with van der Waals surface area (Å²) in [4.78, 5) is 0. The maximum atomic E-state index is 12.7. The van der Waals surface area contributed by atoms with Crippen molar-refractivity contribution in [3.63, 3.8) is 0 Å². The first-order valence-electron chi connectivity index (χ1n) is 5.20. The van der Waals surface area contributed by atoms with E-state index in [1.807, 2.05) is 0 Å². The highest BCUT2D eigenvalue weighted by Crippen LogP contribution is 2.50. The first kappa shape index (κ1) is 25.2. The van der Waals surface area contributed by atoms with Crippen LogP contribution in [-0.4, -0.2) is 49.1 Å². The maximum Gasteiger partial charge on any atom is 0.459 e. The SMILES string of the molecule is FC(F)C(F)C(F)C(F)C(F)C(F)(F)C(F)(F)C(F)(F)F.N#CS. The smallest absolute Gasteiger partial charge is 0.241 e. The number of hydrogen-bond donors (Lipinski definition) is 1. The Morgan fingerprint density at radius 1 is 0.708 bits per heavy atom. The molecule has 0 aromatic rings. The van der Waals surface area contributed by atoms with Crippen molar-refractivity contribution in [2.45, 2.75) is 49.1 Å². The predicted octanol–water partition coefficient (Wildman–Crippen LogP) is 4.83. The van der Waals surface area contributed by atoms with Gasteiger partial charge in [0.15, 0.2) is 18.5 Å². The Morgan fingerprint density at radius 3 is 1.29 bits per heavy atom. The summed E-state index contributed by atoms with van der Waals surface area (Å²) in [5.41, 5.74) is 0. The predicted molar refractivity (Wildman–Crippen MR) is 56.1 cm³/mol. The van der Waals surface area contributed by atoms with E-state index in [1.54, 1.807) is 0 Å². The monoisotopic (exact) mass is 407 g/mol. The van der Waals surface area contributed by atoms with Gasteiger partial charge in [-0.2, -0.15) is 36.0 Å². The zero-order valence-electron chi connectivity index (χ0n) is 10.7. The van der Waals surface area contributed by atoms with Crippen molar-refractivity contribution >= 4 is 12.6 Å². The molecule has 0 aliphatic carbocycles. The molecule has 0 aromatic carbocycles. The van der Waals surface area contributed by atoms with E-state index < -0.39 is 49.1 Å². The molecule has 0 fully saturated rings. The Labute approximate surface area is 130 Å². The van der Waals surface area contributed by atoms with Crippen LogP contribution in [0.25, 0.3) is 0 Å². The van der Waals surface area contributed by atoms with Crippen molar-refractivity contribution in [1.82, 2.24) is 0 Å². The summed E-state index contributed by atoms with van der Waals surface area (Å²) in [5.74, 6) is -14.0. The number of nitrogens with zero attached hydrogens (tertiary/aromatic N) is 1. The van der Waals surface area contributed by atoms with Crippen molar-refractivity contribution in [3.05, 3.63) is 0 Å². The molecule has 144 valence electrons. The molecule has 1 nitrogen and oxygen atoms in total. The number of halogens is 13.